The molecule has 48 heavy (non-hydrogen) atoms. The van der Waals surface area contributed by atoms with Gasteiger partial charge >= 0.3 is 5.97 Å². The number of rotatable bonds is 10. The number of carboxylic acid groups (broad SMARTS) is 1. The van der Waals surface area contributed by atoms with E-state index in [-0.39, 0.29) is 11.2 Å². The Morgan fingerprint density at radius 2 is 1.60 bits per heavy atom. The second kappa shape index (κ2) is 13.7. The highest BCUT2D eigenvalue weighted by molar-refractivity contribution is 5.90. The molecule has 5 rings (SSSR count). The van der Waals surface area contributed by atoms with Crippen LogP contribution in [0, 0.1) is 38.9 Å². The topological polar surface area (TPSA) is 89.7 Å². The van der Waals surface area contributed by atoms with Gasteiger partial charge in [-0.1, -0.05) is 38.1 Å². The molecule has 9 heteroatoms. The average molecular weight is 657 g/mol. The number of anilines is 1. The smallest absolute Gasteiger partial charge is 0.337 e. The minimum Gasteiger partial charge on any atom is -0.493 e. The molecule has 0 bridgehead atoms. The van der Waals surface area contributed by atoms with E-state index in [4.69, 9.17) is 19.6 Å². The Labute approximate surface area is 283 Å². The van der Waals surface area contributed by atoms with E-state index in [2.05, 4.69) is 25.7 Å². The van der Waals surface area contributed by atoms with Gasteiger partial charge in [-0.05, 0) is 108 Å². The van der Waals surface area contributed by atoms with Crippen molar-refractivity contribution in [2.45, 2.75) is 93.3 Å². The number of ether oxygens (including phenoxy) is 2. The van der Waals surface area contributed by atoms with Gasteiger partial charge < -0.3 is 19.5 Å². The van der Waals surface area contributed by atoms with Gasteiger partial charge in [0, 0.05) is 36.5 Å². The molecule has 0 amide bonds. The molecule has 2 aromatic carbocycles. The Kier molecular flexibility index (Phi) is 10.0. The van der Waals surface area contributed by atoms with Crippen molar-refractivity contribution in [2.24, 2.45) is 5.41 Å². The van der Waals surface area contributed by atoms with Crippen LogP contribution in [0.15, 0.2) is 48.5 Å². The van der Waals surface area contributed by atoms with E-state index < -0.39 is 17.7 Å². The number of hydrogen-bond acceptors (Lipinski definition) is 6. The van der Waals surface area contributed by atoms with Crippen LogP contribution in [0.2, 0.25) is 0 Å². The van der Waals surface area contributed by atoms with Crippen LogP contribution in [0.25, 0.3) is 16.9 Å². The molecule has 1 aliphatic rings. The second-order valence-corrected chi connectivity index (χ2v) is 14.7. The summed E-state index contributed by atoms with van der Waals surface area (Å²) in [6, 6.07) is 14.3. The van der Waals surface area contributed by atoms with E-state index in [0.29, 0.717) is 35.9 Å². The van der Waals surface area contributed by atoms with E-state index in [1.54, 1.807) is 12.1 Å². The van der Waals surface area contributed by atoms with Gasteiger partial charge in [0.15, 0.2) is 11.9 Å². The van der Waals surface area contributed by atoms with Crippen molar-refractivity contribution < 1.29 is 23.8 Å². The van der Waals surface area contributed by atoms with Crippen LogP contribution in [0.4, 0.5) is 10.1 Å². The van der Waals surface area contributed by atoms with Crippen molar-refractivity contribution >= 4 is 11.7 Å². The largest absolute Gasteiger partial charge is 0.493 e. The molecule has 2 aromatic heterocycles. The maximum absolute atomic E-state index is 13.3. The minimum atomic E-state index is -1.23. The Morgan fingerprint density at radius 1 is 0.979 bits per heavy atom. The van der Waals surface area contributed by atoms with Crippen molar-refractivity contribution in [1.82, 2.24) is 14.8 Å². The quantitative estimate of drug-likeness (QED) is 0.183. The Bertz CT molecular complexity index is 1760. The highest BCUT2D eigenvalue weighted by Gasteiger charge is 2.37. The zero-order valence-corrected chi connectivity index (χ0v) is 29.8. The zero-order chi connectivity index (χ0) is 35.0. The van der Waals surface area contributed by atoms with Crippen LogP contribution in [-0.2, 0) is 16.0 Å². The van der Waals surface area contributed by atoms with E-state index >= 15 is 0 Å². The van der Waals surface area contributed by atoms with Gasteiger partial charge in [-0.2, -0.15) is 5.10 Å². The molecular formula is C39H49FN4O4. The summed E-state index contributed by atoms with van der Waals surface area (Å²) in [6.45, 7) is 20.1. The minimum absolute atomic E-state index is 0.176. The number of carboxylic acids is 1. The molecule has 0 spiro atoms. The Hall–Kier alpha value is -4.24. The van der Waals surface area contributed by atoms with Crippen LogP contribution in [-0.4, -0.2) is 51.1 Å². The normalized spacial score (nSPS) is 15.4. The van der Waals surface area contributed by atoms with Gasteiger partial charge in [0.1, 0.15) is 11.6 Å². The van der Waals surface area contributed by atoms with Crippen molar-refractivity contribution in [2.75, 3.05) is 24.6 Å². The number of aliphatic carboxylic acids is 1. The average Bonchev–Trinajstić information content (AvgIpc) is 3.27. The van der Waals surface area contributed by atoms with Crippen molar-refractivity contribution in [3.8, 4) is 22.7 Å². The monoisotopic (exact) mass is 656 g/mol. The predicted octanol–water partition coefficient (Wildman–Crippen LogP) is 8.50. The maximum Gasteiger partial charge on any atom is 0.337 e. The number of pyridine rings is 1. The lowest BCUT2D eigenvalue weighted by molar-refractivity contribution is -0.160. The van der Waals surface area contributed by atoms with E-state index in [0.717, 1.165) is 65.3 Å². The third kappa shape index (κ3) is 7.73. The van der Waals surface area contributed by atoms with Gasteiger partial charge in [-0.25, -0.2) is 18.9 Å². The number of piperidine rings is 1. The van der Waals surface area contributed by atoms with Crippen LogP contribution < -0.4 is 9.64 Å². The molecule has 1 fully saturated rings. The highest BCUT2D eigenvalue weighted by Crippen LogP contribution is 2.46. The SMILES string of the molecule is Cc1nn(-c2nc(C)c([C@H](OC(C)(C)C)C(=O)O)c(N3CCC(C)(C)CC3)c2-c2ccc(OCCc3ccc(F)cc3)cc2)c(C)c1C. The maximum atomic E-state index is 13.3. The first-order chi connectivity index (χ1) is 22.5. The lowest BCUT2D eigenvalue weighted by Gasteiger charge is -2.41. The summed E-state index contributed by atoms with van der Waals surface area (Å²) in [4.78, 5) is 20.5. The van der Waals surface area contributed by atoms with Gasteiger partial charge in [0.2, 0.25) is 0 Å². The Balaban J connectivity index is 1.68. The lowest BCUT2D eigenvalue weighted by Crippen LogP contribution is -2.39. The number of carbonyl (C=O) groups is 1. The fourth-order valence-corrected chi connectivity index (χ4v) is 6.25. The third-order valence-corrected chi connectivity index (χ3v) is 9.34. The van der Waals surface area contributed by atoms with E-state index in [9.17, 15) is 14.3 Å². The Morgan fingerprint density at radius 3 is 2.15 bits per heavy atom. The fraction of sp³-hybridized carbons (Fsp3) is 0.462. The molecule has 256 valence electrons. The van der Waals surface area contributed by atoms with Crippen LogP contribution in [0.5, 0.6) is 5.75 Å². The number of aryl methyl sites for hydroxylation is 2. The highest BCUT2D eigenvalue weighted by atomic mass is 19.1. The van der Waals surface area contributed by atoms with Gasteiger partial charge in [-0.3, -0.25) is 0 Å². The molecule has 8 nitrogen and oxygen atoms in total. The number of hydrogen-bond donors (Lipinski definition) is 1. The molecule has 1 atom stereocenters. The third-order valence-electron chi connectivity index (χ3n) is 9.34. The number of aromatic nitrogens is 3. The summed E-state index contributed by atoms with van der Waals surface area (Å²) >= 11 is 0. The summed E-state index contributed by atoms with van der Waals surface area (Å²) in [5.41, 5.74) is 7.08. The fourth-order valence-electron chi connectivity index (χ4n) is 6.25. The molecule has 0 aliphatic carbocycles. The number of benzene rings is 2. The predicted molar refractivity (Wildman–Crippen MR) is 188 cm³/mol. The first-order valence-corrected chi connectivity index (χ1v) is 16.8. The van der Waals surface area contributed by atoms with Crippen LogP contribution >= 0.6 is 0 Å². The molecule has 1 N–H and O–H groups in total. The van der Waals surface area contributed by atoms with Crippen molar-refractivity contribution in [3.63, 3.8) is 0 Å². The van der Waals surface area contributed by atoms with E-state index in [1.807, 2.05) is 70.5 Å². The van der Waals surface area contributed by atoms with Gasteiger partial charge in [-0.15, -0.1) is 0 Å². The molecule has 0 radical (unpaired) electrons. The van der Waals surface area contributed by atoms with Crippen LogP contribution in [0.1, 0.15) is 87.3 Å². The molecule has 1 saturated heterocycles. The molecule has 0 saturated carbocycles. The van der Waals surface area contributed by atoms with Crippen LogP contribution in [0.3, 0.4) is 0 Å². The number of halogens is 1. The molecule has 3 heterocycles. The second-order valence-electron chi connectivity index (χ2n) is 14.7. The van der Waals surface area contributed by atoms with Gasteiger partial charge in [0.05, 0.1) is 29.2 Å². The lowest BCUT2D eigenvalue weighted by atomic mass is 9.82. The number of nitrogens with zero attached hydrogens (tertiary/aromatic N) is 4. The summed E-state index contributed by atoms with van der Waals surface area (Å²) < 4.78 is 27.6. The summed E-state index contributed by atoms with van der Waals surface area (Å²) in [7, 11) is 0. The van der Waals surface area contributed by atoms with Crippen molar-refractivity contribution in [3.05, 3.63) is 88.1 Å². The summed E-state index contributed by atoms with van der Waals surface area (Å²) in [6.07, 6.45) is 1.33. The zero-order valence-electron chi connectivity index (χ0n) is 29.8. The van der Waals surface area contributed by atoms with E-state index in [1.165, 1.54) is 12.1 Å². The molecule has 4 aromatic rings. The first kappa shape index (κ1) is 35.1. The summed E-state index contributed by atoms with van der Waals surface area (Å²) in [5.74, 6) is 0.0327. The van der Waals surface area contributed by atoms with Crippen molar-refractivity contribution in [1.29, 1.82) is 0 Å². The molecule has 0 unspecified atom stereocenters. The standard InChI is InChI=1S/C39H49FN4O4/c1-24-25(2)42-44(27(24)4)36-33(29-12-16-31(17-13-29)47-23-18-28-10-14-30(40)15-11-28)34(43-21-19-39(8,9)20-22-43)32(26(3)41-36)35(37(45)46)48-38(5,6)7/h10-17,35H,18-23H2,1-9H3,(H,45,46)/t35-/m0/s1. The molecular weight excluding hydrogens is 607 g/mol. The van der Waals surface area contributed by atoms with Gasteiger partial charge in [0.25, 0.3) is 0 Å². The summed E-state index contributed by atoms with van der Waals surface area (Å²) in [5, 5.41) is 15.6. The molecule has 1 aliphatic heterocycles. The first-order valence-electron chi connectivity index (χ1n) is 16.8.